The number of aliphatic imine (C=N–C) groups is 1. The molecule has 1 fully saturated rings. The zero-order valence-electron chi connectivity index (χ0n) is 18.0. The van der Waals surface area contributed by atoms with Crippen LogP contribution in [0.1, 0.15) is 18.9 Å². The van der Waals surface area contributed by atoms with E-state index in [0.717, 1.165) is 17.8 Å². The van der Waals surface area contributed by atoms with Crippen molar-refractivity contribution < 1.29 is 17.9 Å². The van der Waals surface area contributed by atoms with Crippen LogP contribution in [0.4, 0.5) is 24.7 Å². The van der Waals surface area contributed by atoms with E-state index < -0.39 is 28.6 Å². The summed E-state index contributed by atoms with van der Waals surface area (Å²) in [7, 11) is 0. The first-order valence-electron chi connectivity index (χ1n) is 10.3. The average molecular weight is 485 g/mol. The number of aromatic nitrogens is 3. The van der Waals surface area contributed by atoms with E-state index in [2.05, 4.69) is 31.2 Å². The van der Waals surface area contributed by atoms with Crippen molar-refractivity contribution in [3.63, 3.8) is 0 Å². The molecule has 2 aromatic heterocycles. The Morgan fingerprint density at radius 2 is 2.18 bits per heavy atom. The van der Waals surface area contributed by atoms with Gasteiger partial charge in [0.05, 0.1) is 22.0 Å². The minimum atomic E-state index is -1.21. The Hall–Kier alpha value is -3.52. The fourth-order valence-corrected chi connectivity index (χ4v) is 5.77. The van der Waals surface area contributed by atoms with Gasteiger partial charge in [0.1, 0.15) is 12.2 Å². The molecule has 7 nitrogen and oxygen atoms in total. The summed E-state index contributed by atoms with van der Waals surface area (Å²) in [6.45, 7) is 1.08. The minimum absolute atomic E-state index is 0.00475. The molecule has 1 saturated carbocycles. The quantitative estimate of drug-likeness (QED) is 0.509. The Bertz CT molecular complexity index is 1380. The van der Waals surface area contributed by atoms with Gasteiger partial charge in [0.25, 0.3) is 0 Å². The van der Waals surface area contributed by atoms with Crippen LogP contribution >= 0.6 is 11.8 Å². The molecule has 3 N–H and O–H groups in total. The van der Waals surface area contributed by atoms with Crippen molar-refractivity contribution in [2.75, 3.05) is 18.6 Å². The number of fused-ring (bicyclic) bond motifs is 2. The number of nitrogens with two attached hydrogens (primary N) is 1. The first-order valence-corrected chi connectivity index (χ1v) is 11.2. The lowest BCUT2D eigenvalue weighted by Crippen LogP contribution is -2.37. The predicted molar refractivity (Wildman–Crippen MR) is 125 cm³/mol. The van der Waals surface area contributed by atoms with Crippen molar-refractivity contribution in [1.82, 2.24) is 15.0 Å². The SMILES string of the molecule is C#CCOc1cnc2c(Nc3cc(F)c(F)c([C@]4(C)N=C(N)S[C@@]5(CF)C[C@H]54)c3)nccc2n1. The number of hydrogen-bond acceptors (Lipinski definition) is 8. The maximum Gasteiger partial charge on any atom is 0.233 e. The summed E-state index contributed by atoms with van der Waals surface area (Å²) in [5.41, 5.74) is 5.82. The zero-order chi connectivity index (χ0) is 24.1. The molecule has 2 aliphatic rings. The minimum Gasteiger partial charge on any atom is -0.463 e. The highest BCUT2D eigenvalue weighted by molar-refractivity contribution is 8.15. The van der Waals surface area contributed by atoms with Crippen LogP contribution in [0, 0.1) is 29.9 Å². The second-order valence-electron chi connectivity index (χ2n) is 8.33. The van der Waals surface area contributed by atoms with Crippen LogP contribution in [0.15, 0.2) is 35.6 Å². The molecule has 1 aliphatic heterocycles. The molecule has 1 aromatic carbocycles. The summed E-state index contributed by atoms with van der Waals surface area (Å²) in [4.78, 5) is 17.3. The summed E-state index contributed by atoms with van der Waals surface area (Å²) in [6.07, 6.45) is 8.56. The molecular formula is C23H19F3N6OS. The number of halogens is 3. The molecule has 5 rings (SSSR count). The number of ether oxygens (including phenoxy) is 1. The van der Waals surface area contributed by atoms with Gasteiger partial charge in [-0.3, -0.25) is 4.99 Å². The Morgan fingerprint density at radius 3 is 2.94 bits per heavy atom. The van der Waals surface area contributed by atoms with E-state index in [1.54, 1.807) is 13.0 Å². The van der Waals surface area contributed by atoms with Gasteiger partial charge < -0.3 is 15.8 Å². The summed E-state index contributed by atoms with van der Waals surface area (Å²) in [6, 6.07) is 4.10. The van der Waals surface area contributed by atoms with Gasteiger partial charge in [0.2, 0.25) is 5.88 Å². The summed E-state index contributed by atoms with van der Waals surface area (Å²) in [5, 5.41) is 3.14. The third kappa shape index (κ3) is 3.58. The van der Waals surface area contributed by atoms with Crippen LogP contribution in [0.25, 0.3) is 11.0 Å². The lowest BCUT2D eigenvalue weighted by Gasteiger charge is -2.33. The van der Waals surface area contributed by atoms with Crippen LogP contribution < -0.4 is 15.8 Å². The van der Waals surface area contributed by atoms with Gasteiger partial charge >= 0.3 is 0 Å². The van der Waals surface area contributed by atoms with Crippen LogP contribution in [-0.2, 0) is 5.54 Å². The number of thioether (sulfide) groups is 1. The fraction of sp³-hybridized carbons (Fsp3) is 0.304. The number of nitrogens with one attached hydrogen (secondary N) is 1. The van der Waals surface area contributed by atoms with Crippen molar-refractivity contribution in [1.29, 1.82) is 0 Å². The number of hydrogen-bond donors (Lipinski definition) is 2. The molecular weight excluding hydrogens is 465 g/mol. The van der Waals surface area contributed by atoms with E-state index in [1.807, 2.05) is 0 Å². The second kappa shape index (κ2) is 8.06. The number of rotatable bonds is 6. The third-order valence-corrected chi connectivity index (χ3v) is 7.42. The van der Waals surface area contributed by atoms with E-state index in [1.165, 1.54) is 18.5 Å². The number of terminal acetylenes is 1. The molecule has 174 valence electrons. The largest absolute Gasteiger partial charge is 0.463 e. The summed E-state index contributed by atoms with van der Waals surface area (Å²) >= 11 is 1.16. The highest BCUT2D eigenvalue weighted by Crippen LogP contribution is 2.66. The third-order valence-electron chi connectivity index (χ3n) is 6.16. The fourth-order valence-electron chi connectivity index (χ4n) is 4.44. The van der Waals surface area contributed by atoms with E-state index in [4.69, 9.17) is 16.9 Å². The smallest absolute Gasteiger partial charge is 0.233 e. The van der Waals surface area contributed by atoms with E-state index in [-0.39, 0.29) is 40.6 Å². The van der Waals surface area contributed by atoms with Gasteiger partial charge in [0.15, 0.2) is 29.2 Å². The van der Waals surface area contributed by atoms with Crippen LogP contribution in [0.2, 0.25) is 0 Å². The van der Waals surface area contributed by atoms with Crippen molar-refractivity contribution in [3.05, 3.63) is 47.8 Å². The standard InChI is InChI=1S/C23H19F3N6OS/c1-3-6-33-17-10-29-19-15(31-17)4-5-28-20(19)30-12-7-13(18(26)14(25)8-12)22(2)16-9-23(16,11-24)34-21(27)32-22/h1,4-5,7-8,10,16H,6,9,11H2,2H3,(H2,27,32)(H,28,30)/t16-,22-,23+/m0/s1. The van der Waals surface area contributed by atoms with Crippen LogP contribution in [-0.4, -0.2) is 38.1 Å². The molecule has 34 heavy (non-hydrogen) atoms. The molecule has 0 amide bonds. The Balaban J connectivity index is 1.53. The number of nitrogens with zero attached hydrogens (tertiary/aromatic N) is 4. The first-order chi connectivity index (χ1) is 16.3. The molecule has 0 unspecified atom stereocenters. The molecule has 1 aliphatic carbocycles. The van der Waals surface area contributed by atoms with E-state index in [0.29, 0.717) is 17.5 Å². The van der Waals surface area contributed by atoms with E-state index >= 15 is 4.39 Å². The monoisotopic (exact) mass is 484 g/mol. The van der Waals surface area contributed by atoms with Crippen molar-refractivity contribution in [2.45, 2.75) is 23.6 Å². The number of amidine groups is 1. The van der Waals surface area contributed by atoms with Crippen molar-refractivity contribution in [2.24, 2.45) is 16.6 Å². The number of pyridine rings is 1. The van der Waals surface area contributed by atoms with Crippen LogP contribution in [0.3, 0.4) is 0 Å². The van der Waals surface area contributed by atoms with Crippen LogP contribution in [0.5, 0.6) is 5.88 Å². The zero-order valence-corrected chi connectivity index (χ0v) is 18.8. The molecule has 0 saturated heterocycles. The van der Waals surface area contributed by atoms with Crippen molar-refractivity contribution in [3.8, 4) is 18.2 Å². The second-order valence-corrected chi connectivity index (χ2v) is 9.76. The highest BCUT2D eigenvalue weighted by atomic mass is 32.2. The highest BCUT2D eigenvalue weighted by Gasteiger charge is 2.66. The maximum absolute atomic E-state index is 15.0. The number of anilines is 2. The number of benzene rings is 1. The first kappa shape index (κ1) is 22.3. The Labute approximate surface area is 197 Å². The Morgan fingerprint density at radius 1 is 1.35 bits per heavy atom. The molecule has 0 bridgehead atoms. The molecule has 3 aromatic rings. The molecule has 3 atom stereocenters. The Kier molecular flexibility index (Phi) is 5.28. The van der Waals surface area contributed by atoms with Gasteiger partial charge in [-0.2, -0.15) is 0 Å². The van der Waals surface area contributed by atoms with Gasteiger partial charge in [0, 0.05) is 29.4 Å². The topological polar surface area (TPSA) is 98.3 Å². The molecule has 0 radical (unpaired) electrons. The number of alkyl halides is 1. The van der Waals surface area contributed by atoms with Gasteiger partial charge in [-0.05, 0) is 25.5 Å². The summed E-state index contributed by atoms with van der Waals surface area (Å²) < 4.78 is 48.0. The van der Waals surface area contributed by atoms with Gasteiger partial charge in [-0.25, -0.2) is 28.1 Å². The van der Waals surface area contributed by atoms with Crippen molar-refractivity contribution >= 4 is 39.5 Å². The predicted octanol–water partition coefficient (Wildman–Crippen LogP) is 4.06. The van der Waals surface area contributed by atoms with Gasteiger partial charge in [-0.1, -0.05) is 17.7 Å². The molecule has 0 spiro atoms. The summed E-state index contributed by atoms with van der Waals surface area (Å²) in [5.74, 6) is 0.447. The normalized spacial score (nSPS) is 25.3. The lowest BCUT2D eigenvalue weighted by molar-refractivity contribution is 0.355. The lowest BCUT2D eigenvalue weighted by atomic mass is 9.85. The maximum atomic E-state index is 15.0. The molecule has 11 heteroatoms. The average Bonchev–Trinajstić information content (AvgIpc) is 3.56. The molecule has 3 heterocycles. The van der Waals surface area contributed by atoms with E-state index in [9.17, 15) is 8.78 Å². The van der Waals surface area contributed by atoms with Gasteiger partial charge in [-0.15, -0.1) is 6.42 Å².